The Morgan fingerprint density at radius 3 is 1.95 bits per heavy atom. The van der Waals surface area contributed by atoms with Gasteiger partial charge in [0.05, 0.1) is 25.9 Å². The molecule has 2 rings (SSSR count). The van der Waals surface area contributed by atoms with E-state index in [1.165, 1.54) is 5.56 Å². The van der Waals surface area contributed by atoms with E-state index in [1.807, 2.05) is 60.7 Å². The van der Waals surface area contributed by atoms with Crippen LogP contribution in [-0.4, -0.2) is 12.7 Å². The molecular weight excluding hydrogens is 248 g/mol. The second-order valence-corrected chi connectivity index (χ2v) is 4.57. The highest BCUT2D eigenvalue weighted by Crippen LogP contribution is 2.06. The Kier molecular flexibility index (Phi) is 6.03. The van der Waals surface area contributed by atoms with Crippen molar-refractivity contribution in [3.63, 3.8) is 0 Å². The van der Waals surface area contributed by atoms with Crippen LogP contribution in [0.25, 0.3) is 0 Å². The van der Waals surface area contributed by atoms with E-state index in [0.29, 0.717) is 19.8 Å². The summed E-state index contributed by atoms with van der Waals surface area (Å²) in [6, 6.07) is 20.2. The standard InChI is InChI=1S/C18H20O2/c1-2-18(20-14-17-11-7-4-8-12-17)15-19-13-16-9-5-3-6-10-16/h2-12,18H,1,13-15H2. The van der Waals surface area contributed by atoms with Gasteiger partial charge in [0.25, 0.3) is 0 Å². The first-order valence-electron chi connectivity index (χ1n) is 6.78. The van der Waals surface area contributed by atoms with Gasteiger partial charge in [-0.05, 0) is 11.1 Å². The van der Waals surface area contributed by atoms with E-state index in [2.05, 4.69) is 6.58 Å². The minimum absolute atomic E-state index is 0.0843. The molecule has 0 heterocycles. The first-order valence-corrected chi connectivity index (χ1v) is 6.78. The molecule has 0 saturated heterocycles. The van der Waals surface area contributed by atoms with Gasteiger partial charge in [-0.3, -0.25) is 0 Å². The lowest BCUT2D eigenvalue weighted by Gasteiger charge is -2.14. The van der Waals surface area contributed by atoms with Crippen molar-refractivity contribution in [3.05, 3.63) is 84.4 Å². The molecule has 0 N–H and O–H groups in total. The highest BCUT2D eigenvalue weighted by Gasteiger charge is 2.05. The Hall–Kier alpha value is -1.90. The molecule has 0 amide bonds. The third kappa shape index (κ3) is 5.00. The van der Waals surface area contributed by atoms with Crippen LogP contribution in [0, 0.1) is 0 Å². The predicted octanol–water partition coefficient (Wildman–Crippen LogP) is 3.97. The highest BCUT2D eigenvalue weighted by molar-refractivity contribution is 5.14. The summed E-state index contributed by atoms with van der Waals surface area (Å²) in [5.41, 5.74) is 2.32. The van der Waals surface area contributed by atoms with Crippen LogP contribution in [0.1, 0.15) is 11.1 Å². The van der Waals surface area contributed by atoms with E-state index in [4.69, 9.17) is 9.47 Å². The van der Waals surface area contributed by atoms with Gasteiger partial charge in [-0.25, -0.2) is 0 Å². The van der Waals surface area contributed by atoms with Gasteiger partial charge >= 0.3 is 0 Å². The maximum atomic E-state index is 5.77. The van der Waals surface area contributed by atoms with Crippen molar-refractivity contribution in [1.82, 2.24) is 0 Å². The molecule has 0 aliphatic rings. The number of ether oxygens (including phenoxy) is 2. The van der Waals surface area contributed by atoms with Crippen molar-refractivity contribution in [2.75, 3.05) is 6.61 Å². The van der Waals surface area contributed by atoms with Gasteiger partial charge in [-0.1, -0.05) is 66.7 Å². The molecule has 0 fully saturated rings. The van der Waals surface area contributed by atoms with E-state index in [9.17, 15) is 0 Å². The monoisotopic (exact) mass is 268 g/mol. The Morgan fingerprint density at radius 1 is 0.850 bits per heavy atom. The van der Waals surface area contributed by atoms with Crippen LogP contribution in [-0.2, 0) is 22.7 Å². The lowest BCUT2D eigenvalue weighted by molar-refractivity contribution is -0.00510. The molecule has 0 aliphatic carbocycles. The maximum Gasteiger partial charge on any atom is 0.0991 e. The molecule has 0 bridgehead atoms. The minimum Gasteiger partial charge on any atom is -0.374 e. The van der Waals surface area contributed by atoms with Crippen LogP contribution >= 0.6 is 0 Å². The van der Waals surface area contributed by atoms with Crippen LogP contribution < -0.4 is 0 Å². The van der Waals surface area contributed by atoms with Crippen molar-refractivity contribution >= 4 is 0 Å². The Labute approximate surface area is 120 Å². The predicted molar refractivity (Wildman–Crippen MR) is 81.3 cm³/mol. The molecule has 104 valence electrons. The van der Waals surface area contributed by atoms with E-state index in [1.54, 1.807) is 6.08 Å². The van der Waals surface area contributed by atoms with Crippen LogP contribution in [0.3, 0.4) is 0 Å². The smallest absolute Gasteiger partial charge is 0.0991 e. The van der Waals surface area contributed by atoms with Crippen molar-refractivity contribution in [3.8, 4) is 0 Å². The Bertz CT molecular complexity index is 493. The summed E-state index contributed by atoms with van der Waals surface area (Å²) < 4.78 is 11.4. The second-order valence-electron chi connectivity index (χ2n) is 4.57. The van der Waals surface area contributed by atoms with Crippen LogP contribution in [0.4, 0.5) is 0 Å². The normalized spacial score (nSPS) is 12.0. The number of rotatable bonds is 8. The molecule has 0 radical (unpaired) electrons. The summed E-state index contributed by atoms with van der Waals surface area (Å²) in [4.78, 5) is 0. The van der Waals surface area contributed by atoms with Crippen molar-refractivity contribution < 1.29 is 9.47 Å². The number of hydrogen-bond donors (Lipinski definition) is 0. The fourth-order valence-corrected chi connectivity index (χ4v) is 1.83. The van der Waals surface area contributed by atoms with E-state index in [-0.39, 0.29) is 6.10 Å². The fourth-order valence-electron chi connectivity index (χ4n) is 1.83. The first-order chi connectivity index (χ1) is 9.88. The maximum absolute atomic E-state index is 5.77. The zero-order chi connectivity index (χ0) is 14.0. The van der Waals surface area contributed by atoms with Crippen molar-refractivity contribution in [1.29, 1.82) is 0 Å². The molecule has 0 aromatic heterocycles. The SMILES string of the molecule is C=CC(COCc1ccccc1)OCc1ccccc1. The van der Waals surface area contributed by atoms with E-state index >= 15 is 0 Å². The molecule has 0 saturated carbocycles. The lowest BCUT2D eigenvalue weighted by atomic mass is 10.2. The minimum atomic E-state index is -0.0843. The third-order valence-electron chi connectivity index (χ3n) is 2.96. The molecule has 1 unspecified atom stereocenters. The van der Waals surface area contributed by atoms with Gasteiger partial charge in [0.2, 0.25) is 0 Å². The molecule has 2 heteroatoms. The summed E-state index contributed by atoms with van der Waals surface area (Å²) >= 11 is 0. The Balaban J connectivity index is 1.71. The third-order valence-corrected chi connectivity index (χ3v) is 2.96. The highest BCUT2D eigenvalue weighted by atomic mass is 16.5. The average Bonchev–Trinajstić information content (AvgIpc) is 2.52. The molecule has 2 aromatic carbocycles. The second kappa shape index (κ2) is 8.31. The largest absolute Gasteiger partial charge is 0.374 e. The van der Waals surface area contributed by atoms with Gasteiger partial charge in [-0.15, -0.1) is 6.58 Å². The van der Waals surface area contributed by atoms with Crippen LogP contribution in [0.2, 0.25) is 0 Å². The molecule has 0 aliphatic heterocycles. The molecule has 1 atom stereocenters. The zero-order valence-electron chi connectivity index (χ0n) is 11.6. The van der Waals surface area contributed by atoms with Gasteiger partial charge in [0.1, 0.15) is 0 Å². The van der Waals surface area contributed by atoms with Gasteiger partial charge in [0.15, 0.2) is 0 Å². The molecule has 2 nitrogen and oxygen atoms in total. The molecule has 0 spiro atoms. The van der Waals surface area contributed by atoms with E-state index in [0.717, 1.165) is 5.56 Å². The van der Waals surface area contributed by atoms with Gasteiger partial charge in [-0.2, -0.15) is 0 Å². The average molecular weight is 268 g/mol. The number of hydrogen-bond acceptors (Lipinski definition) is 2. The van der Waals surface area contributed by atoms with Gasteiger partial charge in [0, 0.05) is 0 Å². The van der Waals surface area contributed by atoms with Crippen molar-refractivity contribution in [2.45, 2.75) is 19.3 Å². The van der Waals surface area contributed by atoms with Crippen LogP contribution in [0.15, 0.2) is 73.3 Å². The first kappa shape index (κ1) is 14.5. The fraction of sp³-hybridized carbons (Fsp3) is 0.222. The summed E-state index contributed by atoms with van der Waals surface area (Å²) in [5, 5.41) is 0. The van der Waals surface area contributed by atoms with Crippen molar-refractivity contribution in [2.24, 2.45) is 0 Å². The lowest BCUT2D eigenvalue weighted by Crippen LogP contribution is -2.17. The number of benzene rings is 2. The van der Waals surface area contributed by atoms with Gasteiger partial charge < -0.3 is 9.47 Å². The summed E-state index contributed by atoms with van der Waals surface area (Å²) in [6.07, 6.45) is 1.70. The molecular formula is C18H20O2. The molecule has 2 aromatic rings. The zero-order valence-corrected chi connectivity index (χ0v) is 11.6. The Morgan fingerprint density at radius 2 is 1.40 bits per heavy atom. The quantitative estimate of drug-likeness (QED) is 0.674. The summed E-state index contributed by atoms with van der Waals surface area (Å²) in [6.45, 7) is 5.49. The molecule has 20 heavy (non-hydrogen) atoms. The summed E-state index contributed by atoms with van der Waals surface area (Å²) in [5.74, 6) is 0. The van der Waals surface area contributed by atoms with Crippen LogP contribution in [0.5, 0.6) is 0 Å². The van der Waals surface area contributed by atoms with E-state index < -0.39 is 0 Å². The summed E-state index contributed by atoms with van der Waals surface area (Å²) in [7, 11) is 0. The topological polar surface area (TPSA) is 18.5 Å².